The van der Waals surface area contributed by atoms with Crippen LogP contribution < -0.4 is 4.74 Å². The summed E-state index contributed by atoms with van der Waals surface area (Å²) in [5.41, 5.74) is 4.24. The molecule has 5 aromatic rings. The van der Waals surface area contributed by atoms with E-state index in [9.17, 15) is 4.39 Å². The molecule has 1 aliphatic heterocycles. The smallest absolute Gasteiger partial charge is 0.317 e. The zero-order chi connectivity index (χ0) is 25.0. The molecule has 0 fully saturated rings. The Bertz CT molecular complexity index is 1740. The quantitative estimate of drug-likeness (QED) is 0.276. The van der Waals surface area contributed by atoms with Crippen molar-refractivity contribution in [3.63, 3.8) is 0 Å². The lowest BCUT2D eigenvalue weighted by molar-refractivity contribution is 0.111. The first kappa shape index (κ1) is 22.5. The molecule has 2 aromatic carbocycles. The monoisotopic (exact) mass is 499 g/mol. The molecule has 0 saturated heterocycles. The van der Waals surface area contributed by atoms with Crippen LogP contribution in [-0.2, 0) is 17.8 Å². The summed E-state index contributed by atoms with van der Waals surface area (Å²) in [7, 11) is 1.44. The first-order valence-electron chi connectivity index (χ1n) is 11.3. The zero-order valence-corrected chi connectivity index (χ0v) is 20.3. The molecule has 5 nitrogen and oxygen atoms in total. The molecule has 3 aromatic heterocycles. The molecule has 36 heavy (non-hydrogen) atoms. The minimum absolute atomic E-state index is 0.0339. The Kier molecular flexibility index (Phi) is 5.40. The molecule has 0 N–H and O–H groups in total. The number of nitrogens with zero attached hydrogens (tertiary/aromatic N) is 3. The Labute approximate surface area is 209 Å². The predicted octanol–water partition coefficient (Wildman–Crippen LogP) is 6.22. The number of hydrogen-bond donors (Lipinski definition) is 0. The van der Waals surface area contributed by atoms with Gasteiger partial charge in [0.15, 0.2) is 5.82 Å². The second-order valence-corrected chi connectivity index (χ2v) is 9.47. The van der Waals surface area contributed by atoms with Gasteiger partial charge in [-0.15, -0.1) is 17.8 Å². The van der Waals surface area contributed by atoms with Gasteiger partial charge in [0.05, 0.1) is 36.5 Å². The van der Waals surface area contributed by atoms with E-state index in [4.69, 9.17) is 15.9 Å². The summed E-state index contributed by atoms with van der Waals surface area (Å²) < 4.78 is 41.8. The Morgan fingerprint density at radius 1 is 1.17 bits per heavy atom. The van der Waals surface area contributed by atoms with E-state index in [0.717, 1.165) is 28.0 Å². The van der Waals surface area contributed by atoms with Crippen LogP contribution in [0.2, 0.25) is 0 Å². The molecule has 4 heterocycles. The van der Waals surface area contributed by atoms with E-state index in [0.29, 0.717) is 40.6 Å². The van der Waals surface area contributed by atoms with Crippen molar-refractivity contribution < 1.29 is 18.3 Å². The van der Waals surface area contributed by atoms with Crippen molar-refractivity contribution in [3.05, 3.63) is 69.7 Å². The fourth-order valence-corrected chi connectivity index (χ4v) is 5.89. The summed E-state index contributed by atoms with van der Waals surface area (Å²) in [5, 5.41) is 3.64. The maximum absolute atomic E-state index is 16.3. The zero-order valence-electron chi connectivity index (χ0n) is 19.5. The summed E-state index contributed by atoms with van der Waals surface area (Å²) in [6, 6.07) is 6.64. The molecule has 1 aliphatic rings. The number of aryl methyl sites for hydroxylation is 1. The number of halogens is 2. The minimum atomic E-state index is -0.651. The second kappa shape index (κ2) is 8.63. The third kappa shape index (κ3) is 3.43. The van der Waals surface area contributed by atoms with Crippen LogP contribution in [0.15, 0.2) is 35.8 Å². The highest BCUT2D eigenvalue weighted by Gasteiger charge is 2.24. The third-order valence-electron chi connectivity index (χ3n) is 6.41. The standard InChI is InChI=1S/C28H19F2N3O2S/c1-4-17-21(29)6-5-15-9-14(2)10-19(22(15)17)24-23(30)25-20(11-31-24)26(33-28(32-25)34-3)27-18-7-8-35-12-16(18)13-36-27/h1,5-6,9-11,13H,7-8,12H2,2-3H3. The summed E-state index contributed by atoms with van der Waals surface area (Å²) in [5.74, 6) is 1.22. The van der Waals surface area contributed by atoms with Crippen LogP contribution in [-0.4, -0.2) is 28.7 Å². The van der Waals surface area contributed by atoms with Crippen molar-refractivity contribution in [2.75, 3.05) is 13.7 Å². The molecule has 6 rings (SSSR count). The predicted molar refractivity (Wildman–Crippen MR) is 136 cm³/mol. The second-order valence-electron chi connectivity index (χ2n) is 8.59. The van der Waals surface area contributed by atoms with Crippen molar-refractivity contribution in [2.24, 2.45) is 0 Å². The van der Waals surface area contributed by atoms with E-state index < -0.39 is 11.6 Å². The van der Waals surface area contributed by atoms with E-state index in [1.807, 2.05) is 18.4 Å². The van der Waals surface area contributed by atoms with Crippen molar-refractivity contribution in [2.45, 2.75) is 20.0 Å². The first-order chi connectivity index (χ1) is 17.5. The van der Waals surface area contributed by atoms with Crippen LogP contribution in [0, 0.1) is 30.9 Å². The van der Waals surface area contributed by atoms with Gasteiger partial charge in [-0.1, -0.05) is 18.1 Å². The topological polar surface area (TPSA) is 57.1 Å². The summed E-state index contributed by atoms with van der Waals surface area (Å²) in [6.07, 6.45) is 7.96. The fourth-order valence-electron chi connectivity index (χ4n) is 4.78. The van der Waals surface area contributed by atoms with Crippen molar-refractivity contribution in [3.8, 4) is 40.2 Å². The number of thiophene rings is 1. The van der Waals surface area contributed by atoms with Crippen molar-refractivity contribution >= 4 is 33.0 Å². The Hall–Kier alpha value is -3.93. The van der Waals surface area contributed by atoms with Crippen LogP contribution in [0.3, 0.4) is 0 Å². The van der Waals surface area contributed by atoms with Crippen LogP contribution >= 0.6 is 11.3 Å². The first-order valence-corrected chi connectivity index (χ1v) is 12.2. The SMILES string of the molecule is C#Cc1c(F)ccc2cc(C)cc(-c3ncc4c(-c5scc6c5CCOC6)nc(OC)nc4c3F)c12. The van der Waals surface area contributed by atoms with E-state index in [1.165, 1.54) is 24.5 Å². The highest BCUT2D eigenvalue weighted by atomic mass is 32.1. The molecular formula is C28H19F2N3O2S. The Morgan fingerprint density at radius 3 is 2.83 bits per heavy atom. The summed E-state index contributed by atoms with van der Waals surface area (Å²) in [4.78, 5) is 14.3. The van der Waals surface area contributed by atoms with Gasteiger partial charge in [0, 0.05) is 22.5 Å². The Balaban J connectivity index is 1.65. The molecule has 0 aliphatic carbocycles. The van der Waals surface area contributed by atoms with Gasteiger partial charge in [0.25, 0.3) is 0 Å². The number of methoxy groups -OCH3 is 1. The van der Waals surface area contributed by atoms with Crippen molar-refractivity contribution in [1.29, 1.82) is 0 Å². The van der Waals surface area contributed by atoms with Gasteiger partial charge in [0.2, 0.25) is 0 Å². The van der Waals surface area contributed by atoms with E-state index in [2.05, 4.69) is 20.9 Å². The van der Waals surface area contributed by atoms with E-state index in [1.54, 1.807) is 18.3 Å². The molecule has 178 valence electrons. The molecule has 0 radical (unpaired) electrons. The van der Waals surface area contributed by atoms with Gasteiger partial charge in [0.1, 0.15) is 17.0 Å². The van der Waals surface area contributed by atoms with Crippen molar-refractivity contribution in [1.82, 2.24) is 15.0 Å². The van der Waals surface area contributed by atoms with Crippen LogP contribution in [0.4, 0.5) is 8.78 Å². The van der Waals surface area contributed by atoms with Crippen LogP contribution in [0.25, 0.3) is 43.5 Å². The lowest BCUT2D eigenvalue weighted by Crippen LogP contribution is -2.08. The molecular weight excluding hydrogens is 480 g/mol. The van der Waals surface area contributed by atoms with E-state index >= 15 is 4.39 Å². The van der Waals surface area contributed by atoms with Gasteiger partial charge in [-0.2, -0.15) is 9.97 Å². The molecule has 8 heteroatoms. The number of terminal acetylenes is 1. The molecule has 0 unspecified atom stereocenters. The maximum Gasteiger partial charge on any atom is 0.317 e. The number of aromatic nitrogens is 3. The van der Waals surface area contributed by atoms with Gasteiger partial charge in [-0.05, 0) is 52.9 Å². The number of ether oxygens (including phenoxy) is 2. The molecule has 0 saturated carbocycles. The number of rotatable bonds is 3. The largest absolute Gasteiger partial charge is 0.467 e. The lowest BCUT2D eigenvalue weighted by Gasteiger charge is -2.16. The number of fused-ring (bicyclic) bond motifs is 3. The third-order valence-corrected chi connectivity index (χ3v) is 7.48. The van der Waals surface area contributed by atoms with Gasteiger partial charge < -0.3 is 9.47 Å². The van der Waals surface area contributed by atoms with E-state index in [-0.39, 0.29) is 22.8 Å². The number of hydrogen-bond acceptors (Lipinski definition) is 6. The summed E-state index contributed by atoms with van der Waals surface area (Å²) >= 11 is 1.53. The molecule has 0 spiro atoms. The normalized spacial score (nSPS) is 13.1. The average Bonchev–Trinajstić information content (AvgIpc) is 3.32. The highest BCUT2D eigenvalue weighted by molar-refractivity contribution is 7.14. The minimum Gasteiger partial charge on any atom is -0.467 e. The maximum atomic E-state index is 16.3. The highest BCUT2D eigenvalue weighted by Crippen LogP contribution is 2.41. The number of pyridine rings is 1. The fraction of sp³-hybridized carbons (Fsp3) is 0.179. The lowest BCUT2D eigenvalue weighted by atomic mass is 9.94. The molecule has 0 amide bonds. The molecule has 0 atom stereocenters. The number of benzene rings is 2. The van der Waals surface area contributed by atoms with Crippen LogP contribution in [0.5, 0.6) is 6.01 Å². The summed E-state index contributed by atoms with van der Waals surface area (Å²) in [6.45, 7) is 3.03. The van der Waals surface area contributed by atoms with Gasteiger partial charge in [-0.25, -0.2) is 8.78 Å². The van der Waals surface area contributed by atoms with Gasteiger partial charge in [-0.3, -0.25) is 4.98 Å². The van der Waals surface area contributed by atoms with Crippen LogP contribution in [0.1, 0.15) is 22.3 Å². The average molecular weight is 500 g/mol. The van der Waals surface area contributed by atoms with Gasteiger partial charge >= 0.3 is 6.01 Å². The molecule has 0 bridgehead atoms. The Morgan fingerprint density at radius 2 is 2.03 bits per heavy atom.